The Bertz CT molecular complexity index is 796. The Kier molecular flexibility index (Phi) is 4.64. The van der Waals surface area contributed by atoms with Gasteiger partial charge in [0.05, 0.1) is 16.4 Å². The molecule has 0 saturated heterocycles. The summed E-state index contributed by atoms with van der Waals surface area (Å²) in [6.45, 7) is 0. The number of nitro groups is 1. The van der Waals surface area contributed by atoms with Crippen LogP contribution in [0.2, 0.25) is 0 Å². The summed E-state index contributed by atoms with van der Waals surface area (Å²) in [5, 5.41) is 18.6. The monoisotopic (exact) mass is 339 g/mol. The van der Waals surface area contributed by atoms with Crippen LogP contribution in [0.1, 0.15) is 5.69 Å². The molecule has 0 radical (unpaired) electrons. The third-order valence-corrected chi connectivity index (χ3v) is 5.08. The molecule has 0 aliphatic heterocycles. The van der Waals surface area contributed by atoms with Crippen LogP contribution in [0.15, 0.2) is 17.2 Å². The average molecular weight is 340 g/mol. The highest BCUT2D eigenvalue weighted by Crippen LogP contribution is 2.19. The number of nitrogens with zero attached hydrogens (tertiary/aromatic N) is 3. The third-order valence-electron chi connectivity index (χ3n) is 2.07. The summed E-state index contributed by atoms with van der Waals surface area (Å²) in [5.41, 5.74) is -1.32. The molecule has 108 valence electrons. The molecule has 0 aliphatic carbocycles. The van der Waals surface area contributed by atoms with E-state index in [0.29, 0.717) is 0 Å². The van der Waals surface area contributed by atoms with Gasteiger partial charge in [0.25, 0.3) is 0 Å². The average Bonchev–Trinajstić information content (AvgIpc) is 2.34. The molecule has 0 N–H and O–H groups in total. The molecule has 0 atom stereocenters. The van der Waals surface area contributed by atoms with E-state index in [1.165, 1.54) is 6.07 Å². The minimum absolute atomic E-state index is 0.625. The first kappa shape index (κ1) is 16.3. The number of pyridine rings is 1. The number of sulfone groups is 1. The van der Waals surface area contributed by atoms with Gasteiger partial charge in [-0.2, -0.15) is 5.26 Å². The molecule has 1 heterocycles. The van der Waals surface area contributed by atoms with Gasteiger partial charge in [0.1, 0.15) is 6.07 Å². The molecule has 0 bridgehead atoms. The fourth-order valence-electron chi connectivity index (χ4n) is 1.15. The zero-order chi connectivity index (χ0) is 15.6. The first-order chi connectivity index (χ1) is 9.07. The molecular weight excluding hydrogens is 334 g/mol. The maximum Gasteiger partial charge on any atom is 0.305 e. The number of halogens is 1. The van der Waals surface area contributed by atoms with Crippen molar-refractivity contribution in [2.24, 2.45) is 0 Å². The summed E-state index contributed by atoms with van der Waals surface area (Å²) in [6, 6.07) is 3.04. The van der Waals surface area contributed by atoms with E-state index in [4.69, 9.17) is 15.9 Å². The van der Waals surface area contributed by atoms with E-state index >= 15 is 0 Å². The van der Waals surface area contributed by atoms with Crippen molar-refractivity contribution >= 4 is 35.3 Å². The standard InChI is InChI=1S/C8H6ClN3O6S2/c9-20(17,18)4-3-19(15,16)8-2-1-7(12(13)14)6(5-10)11-8/h1-2H,3-4H2. The van der Waals surface area contributed by atoms with Gasteiger partial charge in [-0.05, 0) is 6.07 Å². The van der Waals surface area contributed by atoms with E-state index in [0.717, 1.165) is 12.1 Å². The highest BCUT2D eigenvalue weighted by molar-refractivity contribution is 8.14. The summed E-state index contributed by atoms with van der Waals surface area (Å²) in [5.74, 6) is -1.67. The first-order valence-electron chi connectivity index (χ1n) is 4.77. The van der Waals surface area contributed by atoms with Gasteiger partial charge in [0.15, 0.2) is 14.9 Å². The second-order valence-corrected chi connectivity index (χ2v) is 8.40. The van der Waals surface area contributed by atoms with Crippen molar-refractivity contribution in [1.29, 1.82) is 5.26 Å². The Morgan fingerprint density at radius 1 is 1.30 bits per heavy atom. The van der Waals surface area contributed by atoms with E-state index < -0.39 is 51.7 Å². The number of aromatic nitrogens is 1. The Hall–Kier alpha value is -1.77. The summed E-state index contributed by atoms with van der Waals surface area (Å²) < 4.78 is 45.0. The van der Waals surface area contributed by atoms with E-state index in [-0.39, 0.29) is 0 Å². The van der Waals surface area contributed by atoms with Crippen LogP contribution in [0.4, 0.5) is 5.69 Å². The molecule has 0 aliphatic rings. The molecule has 1 aromatic rings. The van der Waals surface area contributed by atoms with Crippen molar-refractivity contribution in [3.63, 3.8) is 0 Å². The van der Waals surface area contributed by atoms with Crippen molar-refractivity contribution in [3.8, 4) is 6.07 Å². The Morgan fingerprint density at radius 3 is 2.35 bits per heavy atom. The SMILES string of the molecule is N#Cc1nc(S(=O)(=O)CCS(=O)(=O)Cl)ccc1[N+](=O)[O-]. The summed E-state index contributed by atoms with van der Waals surface area (Å²) in [4.78, 5) is 13.0. The molecule has 1 rings (SSSR count). The molecule has 12 heteroatoms. The van der Waals surface area contributed by atoms with Gasteiger partial charge in [-0.1, -0.05) is 0 Å². The molecule has 0 aromatic carbocycles. The van der Waals surface area contributed by atoms with Crippen molar-refractivity contribution in [1.82, 2.24) is 4.98 Å². The lowest BCUT2D eigenvalue weighted by Crippen LogP contribution is -2.16. The number of hydrogen-bond acceptors (Lipinski definition) is 8. The maximum absolute atomic E-state index is 11.8. The maximum atomic E-state index is 11.8. The lowest BCUT2D eigenvalue weighted by Gasteiger charge is -2.02. The van der Waals surface area contributed by atoms with Crippen molar-refractivity contribution in [3.05, 3.63) is 27.9 Å². The van der Waals surface area contributed by atoms with E-state index in [2.05, 4.69) is 4.98 Å². The van der Waals surface area contributed by atoms with E-state index in [1.54, 1.807) is 0 Å². The van der Waals surface area contributed by atoms with E-state index in [1.807, 2.05) is 0 Å². The largest absolute Gasteiger partial charge is 0.305 e. The van der Waals surface area contributed by atoms with Gasteiger partial charge in [-0.25, -0.2) is 21.8 Å². The number of nitriles is 1. The normalized spacial score (nSPS) is 11.8. The zero-order valence-corrected chi connectivity index (χ0v) is 11.9. The van der Waals surface area contributed by atoms with Crippen LogP contribution in [-0.4, -0.2) is 38.2 Å². The van der Waals surface area contributed by atoms with Gasteiger partial charge < -0.3 is 0 Å². The van der Waals surface area contributed by atoms with Gasteiger partial charge in [0.2, 0.25) is 14.7 Å². The van der Waals surface area contributed by atoms with Crippen molar-refractivity contribution in [2.45, 2.75) is 5.03 Å². The third kappa shape index (κ3) is 4.12. The van der Waals surface area contributed by atoms with Gasteiger partial charge in [-0.3, -0.25) is 10.1 Å². The minimum atomic E-state index is -4.12. The molecule has 0 fully saturated rings. The summed E-state index contributed by atoms with van der Waals surface area (Å²) in [7, 11) is -3.23. The lowest BCUT2D eigenvalue weighted by atomic mass is 10.3. The second-order valence-electron chi connectivity index (χ2n) is 3.45. The zero-order valence-electron chi connectivity index (χ0n) is 9.55. The van der Waals surface area contributed by atoms with Crippen LogP contribution < -0.4 is 0 Å². The predicted molar refractivity (Wildman–Crippen MR) is 67.3 cm³/mol. The van der Waals surface area contributed by atoms with E-state index in [9.17, 15) is 26.9 Å². The first-order valence-corrected chi connectivity index (χ1v) is 8.90. The minimum Gasteiger partial charge on any atom is -0.258 e. The number of hydrogen-bond donors (Lipinski definition) is 0. The molecule has 0 spiro atoms. The Balaban J connectivity index is 3.21. The second kappa shape index (κ2) is 5.70. The Morgan fingerprint density at radius 2 is 1.90 bits per heavy atom. The molecule has 1 aromatic heterocycles. The molecular formula is C8H6ClN3O6S2. The van der Waals surface area contributed by atoms with Gasteiger partial charge in [-0.15, -0.1) is 0 Å². The van der Waals surface area contributed by atoms with Crippen molar-refractivity contribution in [2.75, 3.05) is 11.5 Å². The van der Waals surface area contributed by atoms with Crippen LogP contribution in [0, 0.1) is 21.4 Å². The van der Waals surface area contributed by atoms with Crippen LogP contribution in [0.25, 0.3) is 0 Å². The van der Waals surface area contributed by atoms with Crippen LogP contribution >= 0.6 is 10.7 Å². The molecule has 20 heavy (non-hydrogen) atoms. The van der Waals surface area contributed by atoms with Crippen LogP contribution in [-0.2, 0) is 18.9 Å². The van der Waals surface area contributed by atoms with Crippen LogP contribution in [0.3, 0.4) is 0 Å². The molecule has 0 unspecified atom stereocenters. The number of rotatable bonds is 5. The highest BCUT2D eigenvalue weighted by Gasteiger charge is 2.24. The van der Waals surface area contributed by atoms with Gasteiger partial charge >= 0.3 is 5.69 Å². The van der Waals surface area contributed by atoms with Gasteiger partial charge in [0, 0.05) is 16.7 Å². The predicted octanol–water partition coefficient (Wildman–Crippen LogP) is 0.204. The van der Waals surface area contributed by atoms with Crippen LogP contribution in [0.5, 0.6) is 0 Å². The fourth-order valence-corrected chi connectivity index (χ4v) is 4.11. The van der Waals surface area contributed by atoms with Crippen molar-refractivity contribution < 1.29 is 21.8 Å². The summed E-state index contributed by atoms with van der Waals surface area (Å²) >= 11 is 0. The summed E-state index contributed by atoms with van der Waals surface area (Å²) in [6.07, 6.45) is 0. The molecule has 9 nitrogen and oxygen atoms in total. The lowest BCUT2D eigenvalue weighted by molar-refractivity contribution is -0.385. The molecule has 0 saturated carbocycles. The highest BCUT2D eigenvalue weighted by atomic mass is 35.7. The smallest absolute Gasteiger partial charge is 0.258 e. The fraction of sp³-hybridized carbons (Fsp3) is 0.250. The Labute approximate surface area is 118 Å². The quantitative estimate of drug-likeness (QED) is 0.419. The molecule has 0 amide bonds. The topological polar surface area (TPSA) is 148 Å².